The highest BCUT2D eigenvalue weighted by atomic mass is 32.2. The maximum absolute atomic E-state index is 13.6. The fourth-order valence-electron chi connectivity index (χ4n) is 3.55. The van der Waals surface area contributed by atoms with Crippen LogP contribution in [0.5, 0.6) is 0 Å². The summed E-state index contributed by atoms with van der Waals surface area (Å²) in [6.07, 6.45) is 4.83. The van der Waals surface area contributed by atoms with Crippen molar-refractivity contribution in [1.29, 1.82) is 0 Å². The lowest BCUT2D eigenvalue weighted by molar-refractivity contribution is 0.0991. The Hall–Kier alpha value is -4.52. The van der Waals surface area contributed by atoms with E-state index in [1.54, 1.807) is 67.6 Å². The third-order valence-electron chi connectivity index (χ3n) is 5.49. The molecule has 2 aromatic heterocycles. The van der Waals surface area contributed by atoms with E-state index in [4.69, 9.17) is 10.2 Å². The molecule has 192 valence electrons. The van der Waals surface area contributed by atoms with Gasteiger partial charge in [0.25, 0.3) is 11.8 Å². The number of nitrogens with one attached hydrogen (secondary N) is 1. The van der Waals surface area contributed by atoms with Gasteiger partial charge >= 0.3 is 0 Å². The van der Waals surface area contributed by atoms with Gasteiger partial charge in [-0.15, -0.1) is 0 Å². The summed E-state index contributed by atoms with van der Waals surface area (Å²) >= 11 is 0. The van der Waals surface area contributed by atoms with Gasteiger partial charge in [0.15, 0.2) is 5.76 Å². The van der Waals surface area contributed by atoms with Crippen LogP contribution in [0, 0.1) is 18.8 Å². The van der Waals surface area contributed by atoms with Crippen LogP contribution in [0.4, 0.5) is 5.69 Å². The van der Waals surface area contributed by atoms with Gasteiger partial charge < -0.3 is 15.5 Å². The van der Waals surface area contributed by atoms with Gasteiger partial charge in [0.05, 0.1) is 21.6 Å². The smallest absolute Gasteiger partial charge is 0.291 e. The molecule has 3 N–H and O–H groups in total. The van der Waals surface area contributed by atoms with Crippen LogP contribution in [0.1, 0.15) is 44.0 Å². The third-order valence-corrected chi connectivity index (χ3v) is 7.80. The van der Waals surface area contributed by atoms with Crippen LogP contribution in [-0.2, 0) is 9.73 Å². The molecule has 1 atom stereocenters. The normalized spacial score (nSPS) is 12.1. The topological polar surface area (TPSA) is 128 Å². The Bertz CT molecular complexity index is 1640. The molecule has 0 spiro atoms. The minimum atomic E-state index is -2.99. The van der Waals surface area contributed by atoms with Crippen LogP contribution in [0.2, 0.25) is 0 Å². The maximum Gasteiger partial charge on any atom is 0.291 e. The van der Waals surface area contributed by atoms with Gasteiger partial charge in [-0.05, 0) is 62.4 Å². The van der Waals surface area contributed by atoms with Gasteiger partial charge in [-0.2, -0.15) is 4.36 Å². The number of anilines is 1. The van der Waals surface area contributed by atoms with Crippen LogP contribution in [0.3, 0.4) is 0 Å². The van der Waals surface area contributed by atoms with Crippen molar-refractivity contribution >= 4 is 27.2 Å². The van der Waals surface area contributed by atoms with E-state index in [0.29, 0.717) is 34.7 Å². The Morgan fingerprint density at radius 2 is 1.82 bits per heavy atom. The van der Waals surface area contributed by atoms with Crippen molar-refractivity contribution in [3.05, 3.63) is 113 Å². The molecule has 4 aromatic rings. The summed E-state index contributed by atoms with van der Waals surface area (Å²) in [6.45, 7) is 2.13. The molecule has 9 heteroatoms. The van der Waals surface area contributed by atoms with E-state index >= 15 is 0 Å². The highest BCUT2D eigenvalue weighted by Crippen LogP contribution is 2.18. The van der Waals surface area contributed by atoms with Gasteiger partial charge in [0.2, 0.25) is 0 Å². The molecule has 1 unspecified atom stereocenters. The highest BCUT2D eigenvalue weighted by Gasteiger charge is 2.16. The summed E-state index contributed by atoms with van der Waals surface area (Å²) < 4.78 is 22.9. The number of rotatable bonds is 7. The SMILES string of the molecule is Cc1ccoc1C(=O)Nc1cccc(C#Cc2cncc(C(=O)N=S(=O)(CCCN)c3ccccc3)c2)c1. The molecule has 0 aliphatic heterocycles. The number of nitrogens with two attached hydrogens (primary N) is 1. The first-order valence-electron chi connectivity index (χ1n) is 11.8. The fraction of sp³-hybridized carbons (Fsp3) is 0.138. The summed E-state index contributed by atoms with van der Waals surface area (Å²) in [5.74, 6) is 5.43. The quantitative estimate of drug-likeness (QED) is 0.338. The number of nitrogens with zero attached hydrogens (tertiary/aromatic N) is 2. The highest BCUT2D eigenvalue weighted by molar-refractivity contribution is 7.94. The van der Waals surface area contributed by atoms with Crippen molar-refractivity contribution in [2.75, 3.05) is 17.6 Å². The number of carbonyl (C=O) groups excluding carboxylic acids is 2. The van der Waals surface area contributed by atoms with Crippen LogP contribution < -0.4 is 11.1 Å². The zero-order chi connectivity index (χ0) is 27.0. The Morgan fingerprint density at radius 3 is 2.55 bits per heavy atom. The number of aromatic nitrogens is 1. The minimum absolute atomic E-state index is 0.179. The fourth-order valence-corrected chi connectivity index (χ4v) is 5.50. The van der Waals surface area contributed by atoms with Crippen LogP contribution in [0.15, 0.2) is 99.1 Å². The molecule has 0 aliphatic rings. The molecule has 2 heterocycles. The molecular weight excluding hydrogens is 500 g/mol. The number of hydrogen-bond donors (Lipinski definition) is 2. The lowest BCUT2D eigenvalue weighted by Gasteiger charge is -2.09. The Morgan fingerprint density at radius 1 is 1.03 bits per heavy atom. The van der Waals surface area contributed by atoms with E-state index in [9.17, 15) is 13.8 Å². The average Bonchev–Trinajstić information content (AvgIpc) is 3.37. The molecule has 4 rings (SSSR count). The summed E-state index contributed by atoms with van der Waals surface area (Å²) in [5.41, 5.74) is 8.24. The minimum Gasteiger partial charge on any atom is -0.459 e. The van der Waals surface area contributed by atoms with Gasteiger partial charge in [-0.1, -0.05) is 36.1 Å². The number of amides is 2. The Kier molecular flexibility index (Phi) is 8.48. The predicted octanol–water partition coefficient (Wildman–Crippen LogP) is 4.65. The van der Waals surface area contributed by atoms with E-state index in [1.807, 2.05) is 6.07 Å². The second-order valence-corrected chi connectivity index (χ2v) is 10.7. The van der Waals surface area contributed by atoms with E-state index in [0.717, 1.165) is 5.56 Å². The van der Waals surface area contributed by atoms with Crippen molar-refractivity contribution in [3.8, 4) is 11.8 Å². The third kappa shape index (κ3) is 6.62. The van der Waals surface area contributed by atoms with Crippen molar-refractivity contribution in [1.82, 2.24) is 4.98 Å². The molecule has 38 heavy (non-hydrogen) atoms. The summed E-state index contributed by atoms with van der Waals surface area (Å²) in [6, 6.07) is 19.0. The van der Waals surface area contributed by atoms with E-state index in [2.05, 4.69) is 26.5 Å². The Labute approximate surface area is 221 Å². The predicted molar refractivity (Wildman–Crippen MR) is 146 cm³/mol. The molecule has 0 fully saturated rings. The molecule has 8 nitrogen and oxygen atoms in total. The van der Waals surface area contributed by atoms with E-state index in [-0.39, 0.29) is 23.0 Å². The first-order chi connectivity index (χ1) is 18.4. The molecule has 0 saturated carbocycles. The van der Waals surface area contributed by atoms with Crippen molar-refractivity contribution in [3.63, 3.8) is 0 Å². The monoisotopic (exact) mass is 526 g/mol. The largest absolute Gasteiger partial charge is 0.459 e. The van der Waals surface area contributed by atoms with Gasteiger partial charge in [-0.3, -0.25) is 14.6 Å². The first kappa shape index (κ1) is 26.5. The summed E-state index contributed by atoms with van der Waals surface area (Å²) in [5, 5.41) is 2.79. The van der Waals surface area contributed by atoms with Crippen LogP contribution >= 0.6 is 0 Å². The molecule has 0 aliphatic carbocycles. The summed E-state index contributed by atoms with van der Waals surface area (Å²) in [4.78, 5) is 30.0. The average molecular weight is 527 g/mol. The van der Waals surface area contributed by atoms with Gasteiger partial charge in [0.1, 0.15) is 0 Å². The Balaban J connectivity index is 1.55. The van der Waals surface area contributed by atoms with Crippen LogP contribution in [-0.4, -0.2) is 33.3 Å². The van der Waals surface area contributed by atoms with Crippen LogP contribution in [0.25, 0.3) is 0 Å². The zero-order valence-corrected chi connectivity index (χ0v) is 21.5. The number of carbonyl (C=O) groups is 2. The maximum atomic E-state index is 13.6. The lowest BCUT2D eigenvalue weighted by atomic mass is 10.1. The molecule has 2 aromatic carbocycles. The number of hydrogen-bond acceptors (Lipinski definition) is 6. The molecule has 0 radical (unpaired) electrons. The number of furan rings is 1. The zero-order valence-electron chi connectivity index (χ0n) is 20.7. The first-order valence-corrected chi connectivity index (χ1v) is 13.5. The molecule has 0 bridgehead atoms. The lowest BCUT2D eigenvalue weighted by Crippen LogP contribution is -2.13. The number of benzene rings is 2. The molecule has 2 amide bonds. The van der Waals surface area contributed by atoms with Crippen molar-refractivity contribution < 1.29 is 18.2 Å². The van der Waals surface area contributed by atoms with Gasteiger partial charge in [-0.25, -0.2) is 4.21 Å². The van der Waals surface area contributed by atoms with E-state index < -0.39 is 15.6 Å². The standard InChI is InChI=1S/C29H26N4O4S/c1-21-13-15-37-27(21)29(35)32-25-8-5-7-22(18-25)11-12-23-17-24(20-31-19-23)28(34)33-38(36,16-6-14-30)26-9-3-2-4-10-26/h2-5,7-10,13,15,17-20H,6,14,16,30H2,1H3,(H,32,35). The molecule has 0 saturated heterocycles. The van der Waals surface area contributed by atoms with Crippen molar-refractivity contribution in [2.45, 2.75) is 18.2 Å². The second kappa shape index (κ2) is 12.1. The van der Waals surface area contributed by atoms with E-state index in [1.165, 1.54) is 18.7 Å². The second-order valence-electron chi connectivity index (χ2n) is 8.38. The summed E-state index contributed by atoms with van der Waals surface area (Å²) in [7, 11) is -2.99. The number of aryl methyl sites for hydroxylation is 1. The van der Waals surface area contributed by atoms with Crippen molar-refractivity contribution in [2.24, 2.45) is 10.1 Å². The molecular formula is C29H26N4O4S. The number of pyridine rings is 1. The van der Waals surface area contributed by atoms with Gasteiger partial charge in [0, 0.05) is 45.4 Å².